The lowest BCUT2D eigenvalue weighted by atomic mass is 9.85. The van der Waals surface area contributed by atoms with Crippen molar-refractivity contribution < 1.29 is 18.4 Å². The van der Waals surface area contributed by atoms with Gasteiger partial charge >= 0.3 is 0 Å². The molecule has 0 atom stereocenters. The standard InChI is InChI=1S/C11H15F2NO2/c1-11(2,6-16-14)7-4-8(12)9(13)5-10(7)15-3/h4-5H,6,14H2,1-3H3. The Morgan fingerprint density at radius 3 is 2.31 bits per heavy atom. The first-order chi connectivity index (χ1) is 7.42. The van der Waals surface area contributed by atoms with Crippen LogP contribution in [0.1, 0.15) is 19.4 Å². The zero-order chi connectivity index (χ0) is 12.3. The number of nitrogens with two attached hydrogens (primary N) is 1. The summed E-state index contributed by atoms with van der Waals surface area (Å²) in [6.07, 6.45) is 0. The predicted molar refractivity (Wildman–Crippen MR) is 56.1 cm³/mol. The van der Waals surface area contributed by atoms with Gasteiger partial charge in [-0.2, -0.15) is 0 Å². The van der Waals surface area contributed by atoms with Crippen LogP contribution in [0.3, 0.4) is 0 Å². The molecule has 0 aliphatic heterocycles. The molecule has 0 saturated heterocycles. The molecule has 90 valence electrons. The van der Waals surface area contributed by atoms with Crippen LogP contribution in [0.25, 0.3) is 0 Å². The van der Waals surface area contributed by atoms with Gasteiger partial charge in [0.2, 0.25) is 0 Å². The van der Waals surface area contributed by atoms with Gasteiger partial charge in [0.05, 0.1) is 13.7 Å². The van der Waals surface area contributed by atoms with Crippen LogP contribution in [-0.2, 0) is 10.3 Å². The molecule has 0 radical (unpaired) electrons. The number of hydrogen-bond acceptors (Lipinski definition) is 3. The van der Waals surface area contributed by atoms with E-state index < -0.39 is 17.0 Å². The summed E-state index contributed by atoms with van der Waals surface area (Å²) in [6, 6.07) is 2.12. The molecular weight excluding hydrogens is 216 g/mol. The minimum Gasteiger partial charge on any atom is -0.496 e. The van der Waals surface area contributed by atoms with Crippen molar-refractivity contribution in [2.75, 3.05) is 13.7 Å². The normalized spacial score (nSPS) is 11.6. The molecule has 0 unspecified atom stereocenters. The predicted octanol–water partition coefficient (Wildman–Crippen LogP) is 2.14. The van der Waals surface area contributed by atoms with Crippen molar-refractivity contribution in [2.24, 2.45) is 5.90 Å². The molecule has 2 N–H and O–H groups in total. The van der Waals surface area contributed by atoms with Crippen molar-refractivity contribution in [2.45, 2.75) is 19.3 Å². The summed E-state index contributed by atoms with van der Waals surface area (Å²) in [5, 5.41) is 0. The van der Waals surface area contributed by atoms with Gasteiger partial charge in [0.1, 0.15) is 5.75 Å². The Labute approximate surface area is 93.1 Å². The van der Waals surface area contributed by atoms with Crippen molar-refractivity contribution >= 4 is 0 Å². The fraction of sp³-hybridized carbons (Fsp3) is 0.455. The van der Waals surface area contributed by atoms with Gasteiger partial charge in [-0.25, -0.2) is 14.7 Å². The minimum atomic E-state index is -0.940. The maximum absolute atomic E-state index is 13.2. The summed E-state index contributed by atoms with van der Waals surface area (Å²) in [7, 11) is 1.40. The highest BCUT2D eigenvalue weighted by molar-refractivity contribution is 5.40. The van der Waals surface area contributed by atoms with E-state index in [2.05, 4.69) is 4.84 Å². The van der Waals surface area contributed by atoms with E-state index in [1.165, 1.54) is 7.11 Å². The molecule has 0 saturated carbocycles. The highest BCUT2D eigenvalue weighted by atomic mass is 19.2. The zero-order valence-electron chi connectivity index (χ0n) is 9.51. The van der Waals surface area contributed by atoms with Crippen LogP contribution in [0.5, 0.6) is 5.75 Å². The van der Waals surface area contributed by atoms with E-state index in [0.29, 0.717) is 5.56 Å². The summed E-state index contributed by atoms with van der Waals surface area (Å²) in [5.41, 5.74) is -0.0476. The lowest BCUT2D eigenvalue weighted by Crippen LogP contribution is -2.27. The maximum Gasteiger partial charge on any atom is 0.162 e. The molecule has 1 aromatic rings. The maximum atomic E-state index is 13.2. The van der Waals surface area contributed by atoms with E-state index >= 15 is 0 Å². The SMILES string of the molecule is COc1cc(F)c(F)cc1C(C)(C)CON. The molecule has 0 heterocycles. The molecule has 0 bridgehead atoms. The average Bonchev–Trinajstić information content (AvgIpc) is 2.21. The minimum absolute atomic E-state index is 0.175. The summed E-state index contributed by atoms with van der Waals surface area (Å²) in [4.78, 5) is 4.56. The fourth-order valence-corrected chi connectivity index (χ4v) is 1.51. The van der Waals surface area contributed by atoms with E-state index in [1.54, 1.807) is 13.8 Å². The fourth-order valence-electron chi connectivity index (χ4n) is 1.51. The van der Waals surface area contributed by atoms with Gasteiger partial charge in [0.15, 0.2) is 11.6 Å². The van der Waals surface area contributed by atoms with Crippen LogP contribution in [0.4, 0.5) is 8.78 Å². The second kappa shape index (κ2) is 4.76. The summed E-state index contributed by atoms with van der Waals surface area (Å²) >= 11 is 0. The molecule has 0 fully saturated rings. The lowest BCUT2D eigenvalue weighted by Gasteiger charge is -2.25. The summed E-state index contributed by atoms with van der Waals surface area (Å²) in [5.74, 6) is 3.43. The molecule has 0 aliphatic rings. The van der Waals surface area contributed by atoms with Crippen molar-refractivity contribution in [1.29, 1.82) is 0 Å². The second-order valence-corrected chi connectivity index (χ2v) is 4.16. The molecule has 3 nitrogen and oxygen atoms in total. The van der Waals surface area contributed by atoms with Crippen molar-refractivity contribution in [3.05, 3.63) is 29.3 Å². The summed E-state index contributed by atoms with van der Waals surface area (Å²) in [6.45, 7) is 3.78. The van der Waals surface area contributed by atoms with E-state index in [1.807, 2.05) is 0 Å². The van der Waals surface area contributed by atoms with Crippen molar-refractivity contribution in [1.82, 2.24) is 0 Å². The first kappa shape index (κ1) is 12.9. The molecule has 1 aromatic carbocycles. The smallest absolute Gasteiger partial charge is 0.162 e. The van der Waals surface area contributed by atoms with Crippen LogP contribution in [0.15, 0.2) is 12.1 Å². The molecule has 0 aliphatic carbocycles. The highest BCUT2D eigenvalue weighted by Gasteiger charge is 2.26. The Hall–Kier alpha value is -1.20. The molecule has 0 aromatic heterocycles. The van der Waals surface area contributed by atoms with Gasteiger partial charge < -0.3 is 9.57 Å². The Bertz CT molecular complexity index is 380. The zero-order valence-corrected chi connectivity index (χ0v) is 9.51. The van der Waals surface area contributed by atoms with Crippen LogP contribution in [-0.4, -0.2) is 13.7 Å². The highest BCUT2D eigenvalue weighted by Crippen LogP contribution is 2.33. The Morgan fingerprint density at radius 2 is 1.81 bits per heavy atom. The third-order valence-electron chi connectivity index (χ3n) is 2.42. The molecule has 0 amide bonds. The summed E-state index contributed by atoms with van der Waals surface area (Å²) < 4.78 is 31.2. The van der Waals surface area contributed by atoms with Crippen LogP contribution in [0.2, 0.25) is 0 Å². The van der Waals surface area contributed by atoms with Crippen LogP contribution < -0.4 is 10.6 Å². The molecular formula is C11H15F2NO2. The number of methoxy groups -OCH3 is 1. The Morgan fingerprint density at radius 1 is 1.25 bits per heavy atom. The molecule has 16 heavy (non-hydrogen) atoms. The molecule has 0 spiro atoms. The quantitative estimate of drug-likeness (QED) is 0.807. The first-order valence-electron chi connectivity index (χ1n) is 4.77. The number of hydrogen-bond donors (Lipinski definition) is 1. The second-order valence-electron chi connectivity index (χ2n) is 4.16. The van der Waals surface area contributed by atoms with E-state index in [-0.39, 0.29) is 12.4 Å². The van der Waals surface area contributed by atoms with Gasteiger partial charge in [-0.15, -0.1) is 0 Å². The van der Waals surface area contributed by atoms with Gasteiger partial charge in [-0.1, -0.05) is 13.8 Å². The van der Waals surface area contributed by atoms with Crippen LogP contribution >= 0.6 is 0 Å². The van der Waals surface area contributed by atoms with Crippen molar-refractivity contribution in [3.8, 4) is 5.75 Å². The first-order valence-corrected chi connectivity index (χ1v) is 4.77. The number of benzene rings is 1. The number of halogens is 2. The van der Waals surface area contributed by atoms with Gasteiger partial charge in [-0.05, 0) is 6.07 Å². The topological polar surface area (TPSA) is 44.5 Å². The van der Waals surface area contributed by atoms with Crippen LogP contribution in [0, 0.1) is 11.6 Å². The average molecular weight is 231 g/mol. The van der Waals surface area contributed by atoms with E-state index in [9.17, 15) is 8.78 Å². The number of ether oxygens (including phenoxy) is 1. The third-order valence-corrected chi connectivity index (χ3v) is 2.42. The lowest BCUT2D eigenvalue weighted by molar-refractivity contribution is 0.0952. The van der Waals surface area contributed by atoms with E-state index in [0.717, 1.165) is 12.1 Å². The van der Waals surface area contributed by atoms with Gasteiger partial charge in [0, 0.05) is 17.0 Å². The van der Waals surface area contributed by atoms with E-state index in [4.69, 9.17) is 10.6 Å². The monoisotopic (exact) mass is 231 g/mol. The largest absolute Gasteiger partial charge is 0.496 e. The third kappa shape index (κ3) is 2.48. The number of rotatable bonds is 4. The molecule has 1 rings (SSSR count). The Kier molecular flexibility index (Phi) is 3.83. The molecule has 5 heteroatoms. The Balaban J connectivity index is 3.26. The van der Waals surface area contributed by atoms with Gasteiger partial charge in [0.25, 0.3) is 0 Å². The van der Waals surface area contributed by atoms with Crippen molar-refractivity contribution in [3.63, 3.8) is 0 Å². The van der Waals surface area contributed by atoms with Gasteiger partial charge in [-0.3, -0.25) is 0 Å².